The molecule has 0 saturated carbocycles. The first-order valence-corrected chi connectivity index (χ1v) is 13.2. The van der Waals surface area contributed by atoms with E-state index >= 15 is 0 Å². The van der Waals surface area contributed by atoms with Crippen LogP contribution in [0, 0.1) is 0 Å². The van der Waals surface area contributed by atoms with E-state index in [-0.39, 0.29) is 18.0 Å². The molecule has 36 heavy (non-hydrogen) atoms. The summed E-state index contributed by atoms with van der Waals surface area (Å²) in [5.74, 6) is 2.20. The smallest absolute Gasteiger partial charge is 0.224 e. The van der Waals surface area contributed by atoms with E-state index in [0.29, 0.717) is 17.9 Å². The lowest BCUT2D eigenvalue weighted by Crippen LogP contribution is -3.16. The van der Waals surface area contributed by atoms with E-state index in [2.05, 4.69) is 46.8 Å². The number of hydrogen-bond donors (Lipinski definition) is 2. The number of ether oxygens (including phenoxy) is 3. The third-order valence-corrected chi connectivity index (χ3v) is 7.78. The molecule has 3 aromatic rings. The molecule has 2 atom stereocenters. The minimum absolute atomic E-state index is 0.00309. The lowest BCUT2D eigenvalue weighted by atomic mass is 10.0. The van der Waals surface area contributed by atoms with Gasteiger partial charge in [-0.3, -0.25) is 4.79 Å². The number of nitrogens with zero attached hydrogens (tertiary/aromatic N) is 1. The highest BCUT2D eigenvalue weighted by Crippen LogP contribution is 2.29. The molecule has 8 heteroatoms. The Kier molecular flexibility index (Phi) is 8.72. The van der Waals surface area contributed by atoms with Crippen LogP contribution in [0.3, 0.4) is 0 Å². The lowest BCUT2D eigenvalue weighted by Gasteiger charge is -2.39. The highest BCUT2D eigenvalue weighted by Gasteiger charge is 2.34. The fourth-order valence-electron chi connectivity index (χ4n) is 5.07. The van der Waals surface area contributed by atoms with Crippen LogP contribution in [0.5, 0.6) is 17.2 Å². The van der Waals surface area contributed by atoms with Crippen molar-refractivity contribution in [3.63, 3.8) is 0 Å². The summed E-state index contributed by atoms with van der Waals surface area (Å²) < 4.78 is 16.3. The summed E-state index contributed by atoms with van der Waals surface area (Å²) >= 11 is 1.76. The van der Waals surface area contributed by atoms with E-state index in [1.165, 1.54) is 9.78 Å². The number of nitrogens with one attached hydrogen (secondary N) is 2. The highest BCUT2D eigenvalue weighted by atomic mass is 32.1. The molecule has 1 aromatic heterocycles. The first kappa shape index (κ1) is 25.9. The van der Waals surface area contributed by atoms with Gasteiger partial charge in [-0.05, 0) is 48.2 Å². The van der Waals surface area contributed by atoms with Crippen LogP contribution in [0.25, 0.3) is 0 Å². The van der Waals surface area contributed by atoms with Gasteiger partial charge in [0.05, 0.1) is 70.5 Å². The van der Waals surface area contributed by atoms with Gasteiger partial charge >= 0.3 is 0 Å². The Bertz CT molecular complexity index is 1130. The zero-order valence-corrected chi connectivity index (χ0v) is 22.3. The summed E-state index contributed by atoms with van der Waals surface area (Å²) in [5.41, 5.74) is 2.03. The average molecular weight is 511 g/mol. The lowest BCUT2D eigenvalue weighted by molar-refractivity contribution is -0.933. The molecule has 1 amide bonds. The Balaban J connectivity index is 1.42. The number of methoxy groups -OCH3 is 3. The van der Waals surface area contributed by atoms with Gasteiger partial charge in [-0.15, -0.1) is 11.3 Å². The normalized spacial score (nSPS) is 15.7. The third kappa shape index (κ3) is 5.94. The van der Waals surface area contributed by atoms with Crippen molar-refractivity contribution in [2.45, 2.75) is 25.4 Å². The summed E-state index contributed by atoms with van der Waals surface area (Å²) in [6, 6.07) is 18.3. The molecular weight excluding hydrogens is 474 g/mol. The number of thiophene rings is 1. The van der Waals surface area contributed by atoms with Gasteiger partial charge in [0.15, 0.2) is 11.5 Å². The summed E-state index contributed by atoms with van der Waals surface area (Å²) in [5, 5.41) is 5.40. The second-order valence-corrected chi connectivity index (χ2v) is 10.0. The van der Waals surface area contributed by atoms with Crippen molar-refractivity contribution < 1.29 is 23.9 Å². The van der Waals surface area contributed by atoms with Gasteiger partial charge in [-0.2, -0.15) is 0 Å². The number of carbonyl (C=O) groups is 1. The van der Waals surface area contributed by atoms with Gasteiger partial charge in [0.1, 0.15) is 11.8 Å². The molecular formula is C28H36N3O4S+. The van der Waals surface area contributed by atoms with E-state index in [1.807, 2.05) is 30.3 Å². The summed E-state index contributed by atoms with van der Waals surface area (Å²) in [4.78, 5) is 18.2. The van der Waals surface area contributed by atoms with Crippen LogP contribution in [0.1, 0.15) is 23.4 Å². The molecule has 0 spiro atoms. The molecule has 0 aliphatic carbocycles. The van der Waals surface area contributed by atoms with Crippen molar-refractivity contribution in [3.8, 4) is 17.2 Å². The van der Waals surface area contributed by atoms with Gasteiger partial charge in [0.2, 0.25) is 5.91 Å². The second kappa shape index (κ2) is 12.1. The monoisotopic (exact) mass is 510 g/mol. The standard InChI is InChI=1S/C28H35N3O4S/c1-20(29-27(32)19-21-11-12-24(34-3)25(18-21)35-4)28(26-10-7-17-36-26)31-15-13-30(14-16-31)22-8-5-6-9-23(22)33-2/h5-12,17-18,20,28H,13-16,19H2,1-4H3,(H,29,32)/p+1. The maximum atomic E-state index is 13.0. The Labute approximate surface area is 217 Å². The Morgan fingerprint density at radius 3 is 2.36 bits per heavy atom. The molecule has 7 nitrogen and oxygen atoms in total. The summed E-state index contributed by atoms with van der Waals surface area (Å²) in [6.07, 6.45) is 0.290. The molecule has 2 aromatic carbocycles. The molecule has 4 rings (SSSR count). The molecule has 2 heterocycles. The van der Waals surface area contributed by atoms with Crippen LogP contribution in [0.4, 0.5) is 5.69 Å². The maximum absolute atomic E-state index is 13.0. The minimum Gasteiger partial charge on any atom is -0.495 e. The Morgan fingerprint density at radius 1 is 0.972 bits per heavy atom. The maximum Gasteiger partial charge on any atom is 0.224 e. The number of benzene rings is 2. The fourth-order valence-corrected chi connectivity index (χ4v) is 6.06. The van der Waals surface area contributed by atoms with Crippen LogP contribution < -0.4 is 29.3 Å². The number of anilines is 1. The van der Waals surface area contributed by atoms with E-state index in [0.717, 1.165) is 43.2 Å². The number of amides is 1. The van der Waals surface area contributed by atoms with Gasteiger partial charge in [0, 0.05) is 0 Å². The number of para-hydroxylation sites is 2. The number of piperazine rings is 1. The van der Waals surface area contributed by atoms with Gasteiger partial charge in [-0.25, -0.2) is 0 Å². The van der Waals surface area contributed by atoms with Crippen molar-refractivity contribution >= 4 is 22.9 Å². The largest absolute Gasteiger partial charge is 0.495 e. The van der Waals surface area contributed by atoms with Crippen molar-refractivity contribution in [2.24, 2.45) is 0 Å². The van der Waals surface area contributed by atoms with E-state index in [1.54, 1.807) is 32.7 Å². The van der Waals surface area contributed by atoms with E-state index in [9.17, 15) is 4.79 Å². The van der Waals surface area contributed by atoms with Crippen molar-refractivity contribution in [1.82, 2.24) is 5.32 Å². The quantitative estimate of drug-likeness (QED) is 0.439. The molecule has 1 aliphatic rings. The van der Waals surface area contributed by atoms with Crippen LogP contribution in [0.2, 0.25) is 0 Å². The van der Waals surface area contributed by atoms with Crippen LogP contribution >= 0.6 is 11.3 Å². The first-order chi connectivity index (χ1) is 17.5. The Hall–Kier alpha value is -3.23. The highest BCUT2D eigenvalue weighted by molar-refractivity contribution is 7.10. The molecule has 2 N–H and O–H groups in total. The van der Waals surface area contributed by atoms with Gasteiger partial charge in [0.25, 0.3) is 0 Å². The third-order valence-electron chi connectivity index (χ3n) is 6.82. The number of carbonyl (C=O) groups excluding carboxylic acids is 1. The second-order valence-electron chi connectivity index (χ2n) is 9.03. The van der Waals surface area contributed by atoms with Gasteiger partial charge < -0.3 is 29.3 Å². The van der Waals surface area contributed by atoms with Gasteiger partial charge in [-0.1, -0.05) is 24.3 Å². The molecule has 1 aliphatic heterocycles. The molecule has 0 bridgehead atoms. The predicted octanol–water partition coefficient (Wildman–Crippen LogP) is 2.97. The molecule has 1 saturated heterocycles. The average Bonchev–Trinajstić information content (AvgIpc) is 3.43. The SMILES string of the molecule is COc1ccc(CC(=O)NC(C)C(c2cccs2)[NH+]2CCN(c3ccccc3OC)CC2)cc1OC. The van der Waals surface area contributed by atoms with Crippen LogP contribution in [-0.2, 0) is 11.2 Å². The van der Waals surface area contributed by atoms with Crippen LogP contribution in [-0.4, -0.2) is 59.5 Å². The van der Waals surface area contributed by atoms with Crippen LogP contribution in [0.15, 0.2) is 60.0 Å². The number of hydrogen-bond acceptors (Lipinski definition) is 6. The number of quaternary nitrogens is 1. The van der Waals surface area contributed by atoms with Crippen molar-refractivity contribution in [2.75, 3.05) is 52.4 Å². The summed E-state index contributed by atoms with van der Waals surface area (Å²) in [6.45, 7) is 5.96. The zero-order valence-electron chi connectivity index (χ0n) is 21.5. The number of rotatable bonds is 10. The minimum atomic E-state index is -0.0101. The molecule has 2 unspecified atom stereocenters. The molecule has 0 radical (unpaired) electrons. The zero-order chi connectivity index (χ0) is 25.5. The summed E-state index contributed by atoms with van der Waals surface area (Å²) in [7, 11) is 4.93. The molecule has 192 valence electrons. The fraction of sp³-hybridized carbons (Fsp3) is 0.393. The van der Waals surface area contributed by atoms with E-state index < -0.39 is 0 Å². The Morgan fingerprint density at radius 2 is 1.69 bits per heavy atom. The van der Waals surface area contributed by atoms with Crippen molar-refractivity contribution in [3.05, 3.63) is 70.4 Å². The van der Waals surface area contributed by atoms with Crippen molar-refractivity contribution in [1.29, 1.82) is 0 Å². The first-order valence-electron chi connectivity index (χ1n) is 12.3. The predicted molar refractivity (Wildman–Crippen MR) is 144 cm³/mol. The molecule has 1 fully saturated rings. The topological polar surface area (TPSA) is 64.5 Å². The van der Waals surface area contributed by atoms with E-state index in [4.69, 9.17) is 14.2 Å².